The van der Waals surface area contributed by atoms with Gasteiger partial charge in [-0.3, -0.25) is 4.90 Å². The molecule has 2 aromatic carbocycles. The fourth-order valence-electron chi connectivity index (χ4n) is 2.56. The van der Waals surface area contributed by atoms with Crippen LogP contribution in [-0.2, 0) is 13.1 Å². The van der Waals surface area contributed by atoms with Crippen molar-refractivity contribution in [1.82, 2.24) is 4.90 Å². The molecule has 2 aromatic rings. The van der Waals surface area contributed by atoms with Crippen LogP contribution in [-0.4, -0.2) is 11.9 Å². The quantitative estimate of drug-likeness (QED) is 0.696. The molecule has 1 aliphatic heterocycles. The summed E-state index contributed by atoms with van der Waals surface area (Å²) in [5.74, 6) is -0.427. The molecule has 19 heavy (non-hydrogen) atoms. The molecular weight excluding hydrogens is 239 g/mol. The van der Waals surface area contributed by atoms with Crippen molar-refractivity contribution in [2.24, 2.45) is 0 Å². The van der Waals surface area contributed by atoms with Gasteiger partial charge >= 0.3 is 0 Å². The molecule has 0 saturated carbocycles. The zero-order valence-electron chi connectivity index (χ0n) is 10.7. The van der Waals surface area contributed by atoms with Crippen molar-refractivity contribution in [3.05, 3.63) is 64.8 Å². The molecule has 0 atom stereocenters. The highest BCUT2D eigenvalue weighted by Crippen LogP contribution is 2.32. The summed E-state index contributed by atoms with van der Waals surface area (Å²) >= 11 is 0. The second-order valence-electron chi connectivity index (χ2n) is 4.91. The molecule has 1 aliphatic rings. The number of hydrogen-bond acceptors (Lipinski definition) is 1. The molecule has 94 valence electrons. The Bertz CT molecular complexity index is 686. The van der Waals surface area contributed by atoms with Crippen molar-refractivity contribution in [1.29, 1.82) is 0 Å². The van der Waals surface area contributed by atoms with Crippen molar-refractivity contribution >= 4 is 5.69 Å². The summed E-state index contributed by atoms with van der Waals surface area (Å²) in [6.07, 6.45) is 0. The second-order valence-corrected chi connectivity index (χ2v) is 4.91. The van der Waals surface area contributed by atoms with Gasteiger partial charge in [-0.15, -0.1) is 0 Å². The van der Waals surface area contributed by atoms with Crippen LogP contribution in [0, 0.1) is 12.4 Å². The van der Waals surface area contributed by atoms with Crippen LogP contribution in [0.25, 0.3) is 16.0 Å². The third kappa shape index (κ3) is 2.00. The largest absolute Gasteiger partial charge is 0.298 e. The average Bonchev–Trinajstić information content (AvgIpc) is 2.78. The third-order valence-electron chi connectivity index (χ3n) is 3.50. The summed E-state index contributed by atoms with van der Waals surface area (Å²) in [4.78, 5) is 5.43. The molecule has 3 rings (SSSR count). The molecule has 0 N–H and O–H groups in total. The molecule has 0 spiro atoms. The van der Waals surface area contributed by atoms with Gasteiger partial charge in [0, 0.05) is 18.7 Å². The van der Waals surface area contributed by atoms with Gasteiger partial charge in [-0.25, -0.2) is 9.24 Å². The van der Waals surface area contributed by atoms with Gasteiger partial charge in [-0.05, 0) is 29.8 Å². The molecule has 0 aliphatic carbocycles. The zero-order valence-corrected chi connectivity index (χ0v) is 10.7. The minimum atomic E-state index is -0.427. The van der Waals surface area contributed by atoms with Gasteiger partial charge < -0.3 is 0 Å². The van der Waals surface area contributed by atoms with E-state index in [-0.39, 0.29) is 5.69 Å². The van der Waals surface area contributed by atoms with E-state index in [1.54, 1.807) is 12.1 Å². The molecule has 0 amide bonds. The van der Waals surface area contributed by atoms with E-state index < -0.39 is 5.82 Å². The van der Waals surface area contributed by atoms with Gasteiger partial charge in [-0.2, -0.15) is 0 Å². The van der Waals surface area contributed by atoms with Crippen molar-refractivity contribution < 1.29 is 4.39 Å². The number of fused-ring (bicyclic) bond motifs is 1. The van der Waals surface area contributed by atoms with E-state index in [4.69, 9.17) is 6.57 Å². The van der Waals surface area contributed by atoms with Crippen LogP contribution in [0.5, 0.6) is 0 Å². The van der Waals surface area contributed by atoms with Crippen LogP contribution in [0.1, 0.15) is 11.1 Å². The lowest BCUT2D eigenvalue weighted by molar-refractivity contribution is 0.353. The maximum absolute atomic E-state index is 14.2. The predicted molar refractivity (Wildman–Crippen MR) is 73.3 cm³/mol. The molecule has 3 heteroatoms. The maximum Gasteiger partial charge on any atom is 0.222 e. The first-order chi connectivity index (χ1) is 9.19. The van der Waals surface area contributed by atoms with Gasteiger partial charge in [0.25, 0.3) is 0 Å². The first-order valence-electron chi connectivity index (χ1n) is 6.16. The van der Waals surface area contributed by atoms with E-state index >= 15 is 0 Å². The Hall–Kier alpha value is -2.18. The Kier molecular flexibility index (Phi) is 2.81. The summed E-state index contributed by atoms with van der Waals surface area (Å²) in [5.41, 5.74) is 3.97. The molecular formula is C16H13FN2. The van der Waals surface area contributed by atoms with Crippen molar-refractivity contribution in [3.63, 3.8) is 0 Å². The first kappa shape index (κ1) is 11.9. The summed E-state index contributed by atoms with van der Waals surface area (Å²) in [7, 11) is 2.07. The minimum Gasteiger partial charge on any atom is -0.298 e. The Labute approximate surface area is 111 Å². The van der Waals surface area contributed by atoms with E-state index in [9.17, 15) is 4.39 Å². The molecule has 0 saturated heterocycles. The Morgan fingerprint density at radius 2 is 1.95 bits per heavy atom. The normalized spacial score (nSPS) is 14.2. The minimum absolute atomic E-state index is 0.0788. The van der Waals surface area contributed by atoms with Crippen molar-refractivity contribution in [2.45, 2.75) is 13.1 Å². The third-order valence-corrected chi connectivity index (χ3v) is 3.50. The lowest BCUT2D eigenvalue weighted by Gasteiger charge is -2.07. The molecule has 2 nitrogen and oxygen atoms in total. The standard InChI is InChI=1S/C16H13FN2/c1-18-15-5-3-4-14(16(15)17)11-6-7-12-9-19(2)10-13(12)8-11/h3-8H,9-10H2,2H3. The Morgan fingerprint density at radius 1 is 1.16 bits per heavy atom. The van der Waals surface area contributed by atoms with Crippen LogP contribution in [0.3, 0.4) is 0 Å². The van der Waals surface area contributed by atoms with Crippen LogP contribution >= 0.6 is 0 Å². The fraction of sp³-hybridized carbons (Fsp3) is 0.188. The van der Waals surface area contributed by atoms with Gasteiger partial charge in [0.2, 0.25) is 5.69 Å². The highest BCUT2D eigenvalue weighted by Gasteiger charge is 2.17. The molecule has 0 unspecified atom stereocenters. The number of rotatable bonds is 1. The number of benzene rings is 2. The summed E-state index contributed by atoms with van der Waals surface area (Å²) in [6.45, 7) is 8.81. The first-order valence-corrected chi connectivity index (χ1v) is 6.16. The SMILES string of the molecule is [C-]#[N+]c1cccc(-c2ccc3c(c2)CN(C)C3)c1F. The molecule has 0 fully saturated rings. The van der Waals surface area contributed by atoms with Gasteiger partial charge in [0.1, 0.15) is 5.82 Å². The monoisotopic (exact) mass is 252 g/mol. The number of halogens is 1. The van der Waals surface area contributed by atoms with Gasteiger partial charge in [0.05, 0.1) is 6.57 Å². The number of nitrogens with zero attached hydrogens (tertiary/aromatic N) is 2. The topological polar surface area (TPSA) is 7.60 Å². The van der Waals surface area contributed by atoms with Crippen molar-refractivity contribution in [2.75, 3.05) is 7.05 Å². The highest BCUT2D eigenvalue weighted by molar-refractivity contribution is 5.70. The van der Waals surface area contributed by atoms with E-state index in [0.29, 0.717) is 5.56 Å². The average molecular weight is 252 g/mol. The Morgan fingerprint density at radius 3 is 2.74 bits per heavy atom. The fourth-order valence-corrected chi connectivity index (χ4v) is 2.56. The molecule has 0 aromatic heterocycles. The summed E-state index contributed by atoms with van der Waals surface area (Å²) < 4.78 is 14.2. The predicted octanol–water partition coefficient (Wildman–Crippen LogP) is 3.99. The zero-order chi connectivity index (χ0) is 13.4. The van der Waals surface area contributed by atoms with Gasteiger partial charge in [-0.1, -0.05) is 30.3 Å². The highest BCUT2D eigenvalue weighted by atomic mass is 19.1. The Balaban J connectivity index is 2.10. The number of hydrogen-bond donors (Lipinski definition) is 0. The lowest BCUT2D eigenvalue weighted by atomic mass is 10.00. The van der Waals surface area contributed by atoms with E-state index in [1.807, 2.05) is 12.1 Å². The summed E-state index contributed by atoms with van der Waals surface area (Å²) in [5, 5.41) is 0. The van der Waals surface area contributed by atoms with Crippen LogP contribution in [0.15, 0.2) is 36.4 Å². The van der Waals surface area contributed by atoms with E-state index in [2.05, 4.69) is 22.9 Å². The molecule has 0 bridgehead atoms. The smallest absolute Gasteiger partial charge is 0.222 e. The lowest BCUT2D eigenvalue weighted by Crippen LogP contribution is -2.07. The molecule has 0 radical (unpaired) electrons. The summed E-state index contributed by atoms with van der Waals surface area (Å²) in [6, 6.07) is 11.0. The maximum atomic E-state index is 14.2. The van der Waals surface area contributed by atoms with Crippen LogP contribution in [0.4, 0.5) is 10.1 Å². The molecule has 1 heterocycles. The van der Waals surface area contributed by atoms with Gasteiger partial charge in [0.15, 0.2) is 0 Å². The van der Waals surface area contributed by atoms with Crippen LogP contribution < -0.4 is 0 Å². The van der Waals surface area contributed by atoms with E-state index in [1.165, 1.54) is 17.2 Å². The van der Waals surface area contributed by atoms with E-state index in [0.717, 1.165) is 18.7 Å². The second kappa shape index (κ2) is 4.49. The van der Waals surface area contributed by atoms with Crippen LogP contribution in [0.2, 0.25) is 0 Å². The van der Waals surface area contributed by atoms with Crippen molar-refractivity contribution in [3.8, 4) is 11.1 Å².